The Morgan fingerprint density at radius 2 is 1.53 bits per heavy atom. The normalized spacial score (nSPS) is 10.9. The van der Waals surface area contributed by atoms with E-state index >= 15 is 0 Å². The molecule has 0 saturated heterocycles. The zero-order chi connectivity index (χ0) is 25.9. The molecule has 186 valence electrons. The van der Waals surface area contributed by atoms with Gasteiger partial charge in [-0.15, -0.1) is 22.7 Å². The second kappa shape index (κ2) is 10.4. The van der Waals surface area contributed by atoms with Crippen molar-refractivity contribution in [3.63, 3.8) is 0 Å². The summed E-state index contributed by atoms with van der Waals surface area (Å²) < 4.78 is 0. The van der Waals surface area contributed by atoms with Crippen molar-refractivity contribution in [2.24, 2.45) is 0 Å². The Bertz CT molecular complexity index is 1690. The number of aromatic nitrogens is 6. The second-order valence-corrected chi connectivity index (χ2v) is 10.6. The predicted octanol–water partition coefficient (Wildman–Crippen LogP) is 7.28. The first-order chi connectivity index (χ1) is 18.6. The van der Waals surface area contributed by atoms with Gasteiger partial charge in [0, 0.05) is 46.2 Å². The van der Waals surface area contributed by atoms with Crippen LogP contribution in [0.3, 0.4) is 0 Å². The molecule has 0 radical (unpaired) electrons. The third kappa shape index (κ3) is 5.26. The van der Waals surface area contributed by atoms with E-state index in [-0.39, 0.29) is 0 Å². The zero-order valence-electron chi connectivity index (χ0n) is 20.6. The van der Waals surface area contributed by atoms with Crippen LogP contribution in [-0.4, -0.2) is 29.9 Å². The molecule has 6 heterocycles. The molecule has 0 unspecified atom stereocenters. The van der Waals surface area contributed by atoms with Crippen LogP contribution in [0.4, 0.5) is 21.9 Å². The van der Waals surface area contributed by atoms with E-state index in [1.807, 2.05) is 80.0 Å². The van der Waals surface area contributed by atoms with Gasteiger partial charge in [-0.25, -0.2) is 19.9 Å². The summed E-state index contributed by atoms with van der Waals surface area (Å²) in [6.45, 7) is 4.08. The summed E-state index contributed by atoms with van der Waals surface area (Å²) >= 11 is 3.11. The highest BCUT2D eigenvalue weighted by Gasteiger charge is 2.13. The van der Waals surface area contributed by atoms with Gasteiger partial charge in [-0.3, -0.25) is 9.97 Å². The van der Waals surface area contributed by atoms with E-state index in [9.17, 15) is 0 Å². The molecule has 6 aromatic heterocycles. The third-order valence-electron chi connectivity index (χ3n) is 5.71. The molecule has 0 bridgehead atoms. The van der Waals surface area contributed by atoms with Gasteiger partial charge in [0.05, 0.1) is 17.1 Å². The van der Waals surface area contributed by atoms with Crippen molar-refractivity contribution < 1.29 is 0 Å². The molecule has 2 N–H and O–H groups in total. The van der Waals surface area contributed by atoms with E-state index in [2.05, 4.69) is 25.6 Å². The van der Waals surface area contributed by atoms with Gasteiger partial charge in [-0.1, -0.05) is 6.07 Å². The maximum absolute atomic E-state index is 4.77. The maximum atomic E-state index is 4.77. The molecular formula is C28H22N8S2. The van der Waals surface area contributed by atoms with Gasteiger partial charge >= 0.3 is 0 Å². The highest BCUT2D eigenvalue weighted by molar-refractivity contribution is 7.16. The number of anilines is 4. The Kier molecular flexibility index (Phi) is 6.55. The van der Waals surface area contributed by atoms with Crippen molar-refractivity contribution in [1.82, 2.24) is 29.9 Å². The Morgan fingerprint density at radius 1 is 0.658 bits per heavy atom. The number of rotatable bonds is 7. The topological polar surface area (TPSA) is 101 Å². The fourth-order valence-electron chi connectivity index (χ4n) is 3.85. The molecule has 10 heteroatoms. The van der Waals surface area contributed by atoms with E-state index in [4.69, 9.17) is 15.0 Å². The minimum Gasteiger partial charge on any atom is -0.316 e. The highest BCUT2D eigenvalue weighted by atomic mass is 32.1. The molecule has 0 fully saturated rings. The maximum Gasteiger partial charge on any atom is 0.189 e. The lowest BCUT2D eigenvalue weighted by Gasteiger charge is -2.05. The third-order valence-corrected chi connectivity index (χ3v) is 7.35. The molecule has 6 aromatic rings. The minimum atomic E-state index is 0.758. The summed E-state index contributed by atoms with van der Waals surface area (Å²) in [5, 5.41) is 10.1. The van der Waals surface area contributed by atoms with Gasteiger partial charge in [-0.2, -0.15) is 0 Å². The summed E-state index contributed by atoms with van der Waals surface area (Å²) in [6, 6.07) is 17.7. The van der Waals surface area contributed by atoms with Gasteiger partial charge in [0.1, 0.15) is 17.3 Å². The molecule has 0 spiro atoms. The summed E-state index contributed by atoms with van der Waals surface area (Å²) in [5.41, 5.74) is 6.43. The van der Waals surface area contributed by atoms with Gasteiger partial charge in [-0.05, 0) is 67.9 Å². The van der Waals surface area contributed by atoms with Gasteiger partial charge in [0.2, 0.25) is 0 Å². The number of nitrogens with one attached hydrogen (secondary N) is 2. The number of thiazole rings is 2. The van der Waals surface area contributed by atoms with Crippen LogP contribution in [0.15, 0.2) is 84.8 Å². The van der Waals surface area contributed by atoms with E-state index < -0.39 is 0 Å². The van der Waals surface area contributed by atoms with Crippen LogP contribution in [0.2, 0.25) is 0 Å². The van der Waals surface area contributed by atoms with Crippen molar-refractivity contribution in [1.29, 1.82) is 0 Å². The first kappa shape index (κ1) is 23.8. The van der Waals surface area contributed by atoms with Crippen molar-refractivity contribution in [3.05, 3.63) is 95.2 Å². The van der Waals surface area contributed by atoms with Crippen LogP contribution in [0, 0.1) is 13.8 Å². The molecule has 0 aromatic carbocycles. The molecule has 0 atom stereocenters. The Morgan fingerprint density at radius 3 is 2.34 bits per heavy atom. The first-order valence-corrected chi connectivity index (χ1v) is 13.5. The molecule has 8 nitrogen and oxygen atoms in total. The van der Waals surface area contributed by atoms with Crippen LogP contribution >= 0.6 is 22.7 Å². The lowest BCUT2D eigenvalue weighted by atomic mass is 10.1. The smallest absolute Gasteiger partial charge is 0.189 e. The monoisotopic (exact) mass is 534 g/mol. The largest absolute Gasteiger partial charge is 0.316 e. The molecule has 0 aliphatic rings. The van der Waals surface area contributed by atoms with Crippen LogP contribution in [-0.2, 0) is 0 Å². The number of hydrogen-bond acceptors (Lipinski definition) is 10. The first-order valence-electron chi connectivity index (χ1n) is 11.8. The molecule has 0 amide bonds. The average Bonchev–Trinajstić information content (AvgIpc) is 3.55. The fourth-order valence-corrected chi connectivity index (χ4v) is 5.40. The Balaban J connectivity index is 1.20. The molecular weight excluding hydrogens is 512 g/mol. The Labute approximate surface area is 227 Å². The van der Waals surface area contributed by atoms with Crippen LogP contribution in [0.5, 0.6) is 0 Å². The van der Waals surface area contributed by atoms with E-state index in [0.717, 1.165) is 66.2 Å². The average molecular weight is 535 g/mol. The number of hydrogen-bond donors (Lipinski definition) is 2. The van der Waals surface area contributed by atoms with E-state index in [0.29, 0.717) is 0 Å². The molecule has 0 aliphatic heterocycles. The SMILES string of the molecule is Cc1ccnc(Nc2nc(-c3ccc(-c4ccnc(-c5nc(Nc6ccccn6)sc5C)c4)nc3)cs2)c1. The number of aryl methyl sites for hydroxylation is 2. The van der Waals surface area contributed by atoms with Gasteiger partial charge in [0.25, 0.3) is 0 Å². The minimum absolute atomic E-state index is 0.758. The summed E-state index contributed by atoms with van der Waals surface area (Å²) in [5.74, 6) is 1.54. The molecule has 0 aliphatic carbocycles. The summed E-state index contributed by atoms with van der Waals surface area (Å²) in [7, 11) is 0. The van der Waals surface area contributed by atoms with Gasteiger partial charge in [0.15, 0.2) is 10.3 Å². The van der Waals surface area contributed by atoms with Crippen molar-refractivity contribution >= 4 is 44.6 Å². The van der Waals surface area contributed by atoms with Crippen molar-refractivity contribution in [3.8, 4) is 33.9 Å². The second-order valence-electron chi connectivity index (χ2n) is 8.51. The predicted molar refractivity (Wildman–Crippen MR) is 154 cm³/mol. The highest BCUT2D eigenvalue weighted by Crippen LogP contribution is 2.33. The quantitative estimate of drug-likeness (QED) is 0.220. The van der Waals surface area contributed by atoms with Crippen molar-refractivity contribution in [2.45, 2.75) is 13.8 Å². The Hall–Kier alpha value is -4.54. The fraction of sp³-hybridized carbons (Fsp3) is 0.0714. The molecule has 0 saturated carbocycles. The van der Waals surface area contributed by atoms with Crippen LogP contribution in [0.25, 0.3) is 33.9 Å². The number of nitrogens with zero attached hydrogens (tertiary/aromatic N) is 6. The zero-order valence-corrected chi connectivity index (χ0v) is 22.2. The standard InChI is InChI=1S/C28H22N8S2/c1-17-8-11-31-25(13-17)35-27-33-23(16-37-27)20-6-7-21(32-15-20)19-9-12-29-22(14-19)26-18(2)38-28(36-26)34-24-5-3-4-10-30-24/h3-16H,1-2H3,(H,30,34,36)(H,31,33,35). The molecule has 38 heavy (non-hydrogen) atoms. The van der Waals surface area contributed by atoms with Crippen molar-refractivity contribution in [2.75, 3.05) is 10.6 Å². The molecule has 6 rings (SSSR count). The van der Waals surface area contributed by atoms with Crippen LogP contribution in [0.1, 0.15) is 10.4 Å². The van der Waals surface area contributed by atoms with E-state index in [1.54, 1.807) is 29.9 Å². The summed E-state index contributed by atoms with van der Waals surface area (Å²) in [4.78, 5) is 28.5. The van der Waals surface area contributed by atoms with E-state index in [1.165, 1.54) is 11.3 Å². The lowest BCUT2D eigenvalue weighted by Crippen LogP contribution is -1.93. The summed E-state index contributed by atoms with van der Waals surface area (Å²) in [6.07, 6.45) is 7.18. The lowest BCUT2D eigenvalue weighted by molar-refractivity contribution is 1.24. The number of pyridine rings is 4. The van der Waals surface area contributed by atoms with Gasteiger partial charge < -0.3 is 10.6 Å². The van der Waals surface area contributed by atoms with Crippen LogP contribution < -0.4 is 10.6 Å².